The van der Waals surface area contributed by atoms with Crippen LogP contribution in [-0.4, -0.2) is 27.9 Å². The highest BCUT2D eigenvalue weighted by Gasteiger charge is 2.32. The van der Waals surface area contributed by atoms with Crippen molar-refractivity contribution < 1.29 is 14.0 Å². The SMILES string of the molecule is O=C(C[C@H]1S/C(=N/N=C2CCCC2)NC1=O)Nc1ccc(Br)cc1F. The molecule has 1 aliphatic carbocycles. The van der Waals surface area contributed by atoms with Gasteiger partial charge in [-0.3, -0.25) is 9.59 Å². The number of carbonyl (C=O) groups is 2. The van der Waals surface area contributed by atoms with Gasteiger partial charge in [0.25, 0.3) is 0 Å². The minimum absolute atomic E-state index is 0.0679. The standard InChI is InChI=1S/C16H16BrFN4O2S/c17-9-5-6-12(11(18)7-9)19-14(23)8-13-15(24)20-16(25-13)22-21-10-3-1-2-4-10/h5-7,13H,1-4,8H2,(H,19,23)(H,20,22,24)/t13-/m1/s1. The summed E-state index contributed by atoms with van der Waals surface area (Å²) >= 11 is 4.32. The minimum Gasteiger partial charge on any atom is -0.324 e. The van der Waals surface area contributed by atoms with E-state index in [0.29, 0.717) is 9.64 Å². The number of thioether (sulfide) groups is 1. The number of nitrogens with one attached hydrogen (secondary N) is 2. The Balaban J connectivity index is 1.57. The lowest BCUT2D eigenvalue weighted by atomic mass is 10.2. The van der Waals surface area contributed by atoms with E-state index in [2.05, 4.69) is 36.8 Å². The number of nitrogens with zero attached hydrogens (tertiary/aromatic N) is 2. The second-order valence-corrected chi connectivity index (χ2v) is 7.86. The number of halogens is 2. The molecule has 6 nitrogen and oxygen atoms in total. The first-order valence-electron chi connectivity index (χ1n) is 7.87. The Morgan fingerprint density at radius 3 is 2.84 bits per heavy atom. The number of anilines is 1. The zero-order chi connectivity index (χ0) is 17.8. The van der Waals surface area contributed by atoms with Crippen LogP contribution in [0.1, 0.15) is 32.1 Å². The Labute approximate surface area is 156 Å². The molecule has 2 amide bonds. The summed E-state index contributed by atoms with van der Waals surface area (Å²) in [4.78, 5) is 24.0. The maximum Gasteiger partial charge on any atom is 0.240 e. The van der Waals surface area contributed by atoms with Crippen LogP contribution in [0, 0.1) is 5.82 Å². The molecule has 1 aliphatic heterocycles. The predicted molar refractivity (Wildman–Crippen MR) is 100 cm³/mol. The van der Waals surface area contributed by atoms with E-state index >= 15 is 0 Å². The molecule has 2 fully saturated rings. The second-order valence-electron chi connectivity index (χ2n) is 5.75. The molecule has 1 aromatic carbocycles. The summed E-state index contributed by atoms with van der Waals surface area (Å²) in [6, 6.07) is 4.35. The van der Waals surface area contributed by atoms with Crippen molar-refractivity contribution in [2.75, 3.05) is 5.32 Å². The van der Waals surface area contributed by atoms with E-state index in [1.807, 2.05) is 0 Å². The molecule has 1 aromatic rings. The van der Waals surface area contributed by atoms with Gasteiger partial charge in [-0.2, -0.15) is 5.10 Å². The molecular weight excluding hydrogens is 411 g/mol. The van der Waals surface area contributed by atoms with Gasteiger partial charge >= 0.3 is 0 Å². The molecule has 0 unspecified atom stereocenters. The topological polar surface area (TPSA) is 82.9 Å². The Morgan fingerprint density at radius 1 is 1.36 bits per heavy atom. The largest absolute Gasteiger partial charge is 0.324 e. The van der Waals surface area contributed by atoms with Gasteiger partial charge in [0, 0.05) is 16.6 Å². The summed E-state index contributed by atoms with van der Waals surface area (Å²) in [5, 5.41) is 13.1. The van der Waals surface area contributed by atoms with Crippen molar-refractivity contribution in [1.29, 1.82) is 0 Å². The quantitative estimate of drug-likeness (QED) is 0.723. The van der Waals surface area contributed by atoms with Gasteiger partial charge in [0.05, 0.1) is 5.69 Å². The van der Waals surface area contributed by atoms with Crippen molar-refractivity contribution in [2.24, 2.45) is 10.2 Å². The van der Waals surface area contributed by atoms with E-state index in [-0.39, 0.29) is 18.0 Å². The average molecular weight is 427 g/mol. The summed E-state index contributed by atoms with van der Waals surface area (Å²) in [6.45, 7) is 0. The number of hydrogen-bond donors (Lipinski definition) is 2. The highest BCUT2D eigenvalue weighted by Crippen LogP contribution is 2.25. The summed E-state index contributed by atoms with van der Waals surface area (Å²) in [5.74, 6) is -1.26. The van der Waals surface area contributed by atoms with Crippen LogP contribution in [0.25, 0.3) is 0 Å². The number of amidine groups is 1. The van der Waals surface area contributed by atoms with E-state index in [1.54, 1.807) is 6.07 Å². The van der Waals surface area contributed by atoms with Crippen LogP contribution in [0.3, 0.4) is 0 Å². The van der Waals surface area contributed by atoms with Gasteiger partial charge in [0.2, 0.25) is 11.8 Å². The fourth-order valence-electron chi connectivity index (χ4n) is 2.55. The molecule has 0 spiro atoms. The molecule has 132 valence electrons. The first-order valence-corrected chi connectivity index (χ1v) is 9.54. The molecule has 3 rings (SSSR count). The average Bonchev–Trinajstić information content (AvgIpc) is 3.18. The Hall–Kier alpha value is -1.74. The molecule has 9 heteroatoms. The van der Waals surface area contributed by atoms with Crippen LogP contribution in [0.4, 0.5) is 10.1 Å². The van der Waals surface area contributed by atoms with E-state index in [0.717, 1.165) is 31.4 Å². The fraction of sp³-hybridized carbons (Fsp3) is 0.375. The molecular formula is C16H16BrFN4O2S. The van der Waals surface area contributed by atoms with Crippen molar-refractivity contribution in [3.05, 3.63) is 28.5 Å². The van der Waals surface area contributed by atoms with Crippen molar-refractivity contribution in [2.45, 2.75) is 37.4 Å². The smallest absolute Gasteiger partial charge is 0.240 e. The normalized spacial score (nSPS) is 21.5. The second kappa shape index (κ2) is 8.09. The van der Waals surface area contributed by atoms with Gasteiger partial charge in [-0.1, -0.05) is 27.7 Å². The van der Waals surface area contributed by atoms with Gasteiger partial charge in [-0.15, -0.1) is 5.10 Å². The number of hydrogen-bond acceptors (Lipinski definition) is 5. The van der Waals surface area contributed by atoms with E-state index in [4.69, 9.17) is 0 Å². The summed E-state index contributed by atoms with van der Waals surface area (Å²) in [6.07, 6.45) is 4.07. The molecule has 2 aliphatic rings. The van der Waals surface area contributed by atoms with Crippen molar-refractivity contribution in [1.82, 2.24) is 5.32 Å². The molecule has 0 radical (unpaired) electrons. The molecule has 2 N–H and O–H groups in total. The van der Waals surface area contributed by atoms with Crippen LogP contribution >= 0.6 is 27.7 Å². The van der Waals surface area contributed by atoms with Crippen LogP contribution in [0.5, 0.6) is 0 Å². The maximum atomic E-state index is 13.7. The van der Waals surface area contributed by atoms with Crippen molar-refractivity contribution in [3.63, 3.8) is 0 Å². The van der Waals surface area contributed by atoms with Crippen LogP contribution in [0.15, 0.2) is 32.9 Å². The highest BCUT2D eigenvalue weighted by molar-refractivity contribution is 9.10. The molecule has 0 aromatic heterocycles. The third kappa shape index (κ3) is 4.88. The summed E-state index contributed by atoms with van der Waals surface area (Å²) in [7, 11) is 0. The zero-order valence-corrected chi connectivity index (χ0v) is 15.6. The predicted octanol–water partition coefficient (Wildman–Crippen LogP) is 3.43. The molecule has 1 saturated heterocycles. The lowest BCUT2D eigenvalue weighted by Crippen LogP contribution is -2.28. The first-order chi connectivity index (χ1) is 12.0. The van der Waals surface area contributed by atoms with Gasteiger partial charge < -0.3 is 10.6 Å². The van der Waals surface area contributed by atoms with E-state index in [1.165, 1.54) is 23.9 Å². The van der Waals surface area contributed by atoms with Gasteiger partial charge in [0.15, 0.2) is 5.17 Å². The number of benzene rings is 1. The van der Waals surface area contributed by atoms with Crippen molar-refractivity contribution in [3.8, 4) is 0 Å². The Kier molecular flexibility index (Phi) is 5.85. The molecule has 25 heavy (non-hydrogen) atoms. The maximum absolute atomic E-state index is 13.7. The van der Waals surface area contributed by atoms with Crippen LogP contribution < -0.4 is 10.6 Å². The molecule has 1 saturated carbocycles. The minimum atomic E-state index is -0.596. The number of amides is 2. The Morgan fingerprint density at radius 2 is 2.12 bits per heavy atom. The lowest BCUT2D eigenvalue weighted by Gasteiger charge is -2.08. The monoisotopic (exact) mass is 426 g/mol. The third-order valence-electron chi connectivity index (χ3n) is 3.82. The summed E-state index contributed by atoms with van der Waals surface area (Å²) in [5.41, 5.74) is 1.12. The van der Waals surface area contributed by atoms with E-state index < -0.39 is 17.0 Å². The molecule has 1 heterocycles. The molecule has 1 atom stereocenters. The van der Waals surface area contributed by atoms with Gasteiger partial charge in [0.1, 0.15) is 11.1 Å². The fourth-order valence-corrected chi connectivity index (χ4v) is 3.80. The Bertz CT molecular complexity index is 761. The van der Waals surface area contributed by atoms with E-state index in [9.17, 15) is 14.0 Å². The van der Waals surface area contributed by atoms with Gasteiger partial charge in [-0.05, 0) is 43.9 Å². The van der Waals surface area contributed by atoms with Crippen LogP contribution in [0.2, 0.25) is 0 Å². The number of carbonyl (C=O) groups excluding carboxylic acids is 2. The van der Waals surface area contributed by atoms with Crippen molar-refractivity contribution >= 4 is 56.1 Å². The number of rotatable bonds is 4. The highest BCUT2D eigenvalue weighted by atomic mass is 79.9. The lowest BCUT2D eigenvalue weighted by molar-refractivity contribution is -0.122. The van der Waals surface area contributed by atoms with Crippen LogP contribution in [-0.2, 0) is 9.59 Å². The third-order valence-corrected chi connectivity index (χ3v) is 5.38. The first kappa shape index (κ1) is 18.1. The summed E-state index contributed by atoms with van der Waals surface area (Å²) < 4.78 is 14.3. The molecule has 0 bridgehead atoms. The van der Waals surface area contributed by atoms with Gasteiger partial charge in [-0.25, -0.2) is 4.39 Å². The zero-order valence-electron chi connectivity index (χ0n) is 13.2.